The predicted molar refractivity (Wildman–Crippen MR) is 107 cm³/mol. The molecule has 10 nitrogen and oxygen atoms in total. The van der Waals surface area contributed by atoms with Crippen LogP contribution in [0.2, 0.25) is 0 Å². The number of nitrogens with one attached hydrogen (secondary N) is 2. The average Bonchev–Trinajstić information content (AvgIpc) is 3.46. The minimum atomic E-state index is -1.04. The largest absolute Gasteiger partial charge is 0.481 e. The van der Waals surface area contributed by atoms with E-state index in [-0.39, 0.29) is 24.9 Å². The second-order valence-electron chi connectivity index (χ2n) is 7.60. The fourth-order valence-electron chi connectivity index (χ4n) is 3.30. The molecule has 0 radical (unpaired) electrons. The molecule has 10 heteroatoms. The standard InChI is InChI=1S/C20H28N6O4/c27-16(11-18(29)30)13-22-19(15-8-9-15)20-23-24-25-26(20)10-4-7-17(28)21-12-14-5-2-1-3-6-14/h1-3,5-6,15-16,19,22,27H,4,7-13H2,(H,21,28)(H,29,30). The smallest absolute Gasteiger partial charge is 0.306 e. The van der Waals surface area contributed by atoms with Gasteiger partial charge in [-0.1, -0.05) is 30.3 Å². The Hall–Kier alpha value is -2.85. The number of aliphatic hydroxyl groups is 1. The van der Waals surface area contributed by atoms with Crippen LogP contribution in [0.1, 0.15) is 49.5 Å². The number of carboxylic acid groups (broad SMARTS) is 1. The van der Waals surface area contributed by atoms with E-state index in [1.165, 1.54) is 0 Å². The van der Waals surface area contributed by atoms with Crippen molar-refractivity contribution in [2.75, 3.05) is 6.54 Å². The van der Waals surface area contributed by atoms with E-state index >= 15 is 0 Å². The first kappa shape index (κ1) is 21.8. The molecule has 1 aromatic heterocycles. The van der Waals surface area contributed by atoms with Gasteiger partial charge < -0.3 is 20.8 Å². The van der Waals surface area contributed by atoms with Crippen molar-refractivity contribution < 1.29 is 19.8 Å². The second kappa shape index (κ2) is 10.8. The molecule has 1 heterocycles. The zero-order valence-corrected chi connectivity index (χ0v) is 16.8. The van der Waals surface area contributed by atoms with Crippen LogP contribution in [0.15, 0.2) is 30.3 Å². The lowest BCUT2D eigenvalue weighted by Crippen LogP contribution is -2.34. The molecule has 4 N–H and O–H groups in total. The number of nitrogens with zero attached hydrogens (tertiary/aromatic N) is 4. The zero-order chi connectivity index (χ0) is 21.3. The van der Waals surface area contributed by atoms with Crippen molar-refractivity contribution in [2.24, 2.45) is 5.92 Å². The molecule has 1 aliphatic carbocycles. The number of aryl methyl sites for hydroxylation is 1. The molecule has 0 spiro atoms. The van der Waals surface area contributed by atoms with E-state index in [0.29, 0.717) is 37.7 Å². The average molecular weight is 416 g/mol. The normalized spacial score (nSPS) is 15.5. The highest BCUT2D eigenvalue weighted by atomic mass is 16.4. The molecular weight excluding hydrogens is 388 g/mol. The first-order chi connectivity index (χ1) is 14.5. The van der Waals surface area contributed by atoms with Gasteiger partial charge in [-0.15, -0.1) is 5.10 Å². The van der Waals surface area contributed by atoms with Crippen LogP contribution in [0.3, 0.4) is 0 Å². The molecule has 30 heavy (non-hydrogen) atoms. The Morgan fingerprint density at radius 1 is 1.23 bits per heavy atom. The predicted octanol–water partition coefficient (Wildman–Crippen LogP) is 0.646. The van der Waals surface area contributed by atoms with Gasteiger partial charge >= 0.3 is 5.97 Å². The maximum atomic E-state index is 12.1. The number of aliphatic hydroxyl groups excluding tert-OH is 1. The first-order valence-electron chi connectivity index (χ1n) is 10.2. The molecule has 1 fully saturated rings. The van der Waals surface area contributed by atoms with E-state index in [1.54, 1.807) is 4.68 Å². The molecule has 0 saturated heterocycles. The summed E-state index contributed by atoms with van der Waals surface area (Å²) in [5.74, 6) is -0.0459. The number of carboxylic acids is 1. The van der Waals surface area contributed by atoms with E-state index in [4.69, 9.17) is 5.11 Å². The number of tetrazole rings is 1. The fraction of sp³-hybridized carbons (Fsp3) is 0.550. The van der Waals surface area contributed by atoms with E-state index in [0.717, 1.165) is 18.4 Å². The van der Waals surface area contributed by atoms with Crippen LogP contribution in [0, 0.1) is 5.92 Å². The molecule has 1 amide bonds. The van der Waals surface area contributed by atoms with Crippen molar-refractivity contribution in [1.82, 2.24) is 30.8 Å². The second-order valence-corrected chi connectivity index (χ2v) is 7.60. The number of benzene rings is 1. The number of aromatic nitrogens is 4. The van der Waals surface area contributed by atoms with Crippen molar-refractivity contribution in [1.29, 1.82) is 0 Å². The molecule has 1 saturated carbocycles. The highest BCUT2D eigenvalue weighted by Gasteiger charge is 2.36. The van der Waals surface area contributed by atoms with Crippen molar-refractivity contribution in [2.45, 2.75) is 57.3 Å². The van der Waals surface area contributed by atoms with Gasteiger partial charge in [-0.3, -0.25) is 9.59 Å². The number of hydrogen-bond donors (Lipinski definition) is 4. The summed E-state index contributed by atoms with van der Waals surface area (Å²) in [5.41, 5.74) is 1.05. The summed E-state index contributed by atoms with van der Waals surface area (Å²) in [6.45, 7) is 1.16. The van der Waals surface area contributed by atoms with E-state index < -0.39 is 12.1 Å². The third-order valence-corrected chi connectivity index (χ3v) is 5.02. The number of rotatable bonds is 13. The van der Waals surface area contributed by atoms with Crippen LogP contribution in [-0.2, 0) is 22.7 Å². The van der Waals surface area contributed by atoms with Crippen LogP contribution in [0.25, 0.3) is 0 Å². The van der Waals surface area contributed by atoms with Gasteiger partial charge in [0.15, 0.2) is 5.82 Å². The molecular formula is C20H28N6O4. The number of carbonyl (C=O) groups excluding carboxylic acids is 1. The Balaban J connectivity index is 1.46. The van der Waals surface area contributed by atoms with Gasteiger partial charge in [0.2, 0.25) is 5.91 Å². The Labute approximate surface area is 174 Å². The topological polar surface area (TPSA) is 142 Å². The third-order valence-electron chi connectivity index (χ3n) is 5.02. The maximum absolute atomic E-state index is 12.1. The van der Waals surface area contributed by atoms with Gasteiger partial charge in [0, 0.05) is 26.1 Å². The van der Waals surface area contributed by atoms with E-state index in [1.807, 2.05) is 30.3 Å². The monoisotopic (exact) mass is 416 g/mol. The SMILES string of the molecule is O=C(O)CC(O)CNC(c1nnnn1CCCC(=O)NCc1ccccc1)C1CC1. The van der Waals surface area contributed by atoms with Crippen LogP contribution < -0.4 is 10.6 Å². The van der Waals surface area contributed by atoms with Gasteiger partial charge in [-0.05, 0) is 41.2 Å². The summed E-state index contributed by atoms with van der Waals surface area (Å²) >= 11 is 0. The van der Waals surface area contributed by atoms with Crippen molar-refractivity contribution in [3.63, 3.8) is 0 Å². The Bertz CT molecular complexity index is 824. The highest BCUT2D eigenvalue weighted by molar-refractivity contribution is 5.75. The zero-order valence-electron chi connectivity index (χ0n) is 16.8. The molecule has 2 unspecified atom stereocenters. The van der Waals surface area contributed by atoms with Crippen LogP contribution in [-0.4, -0.2) is 54.9 Å². The van der Waals surface area contributed by atoms with Crippen LogP contribution in [0.5, 0.6) is 0 Å². The summed E-state index contributed by atoms with van der Waals surface area (Å²) < 4.78 is 1.68. The summed E-state index contributed by atoms with van der Waals surface area (Å²) in [6.07, 6.45) is 1.74. The van der Waals surface area contributed by atoms with Gasteiger partial charge in [0.25, 0.3) is 0 Å². The number of hydrogen-bond acceptors (Lipinski definition) is 7. The third kappa shape index (κ3) is 6.89. The molecule has 1 aliphatic rings. The maximum Gasteiger partial charge on any atom is 0.306 e. The molecule has 2 aromatic rings. The lowest BCUT2D eigenvalue weighted by atomic mass is 10.1. The van der Waals surface area contributed by atoms with Crippen molar-refractivity contribution in [3.05, 3.63) is 41.7 Å². The number of aliphatic carboxylic acids is 1. The number of amides is 1. The molecule has 3 rings (SSSR count). The summed E-state index contributed by atoms with van der Waals surface area (Å²) in [7, 11) is 0. The summed E-state index contributed by atoms with van der Waals surface area (Å²) in [6, 6.07) is 9.59. The van der Waals surface area contributed by atoms with Gasteiger partial charge in [0.1, 0.15) is 0 Å². The van der Waals surface area contributed by atoms with Gasteiger partial charge in [0.05, 0.1) is 18.6 Å². The minimum Gasteiger partial charge on any atom is -0.481 e. The lowest BCUT2D eigenvalue weighted by Gasteiger charge is -2.19. The number of carbonyl (C=O) groups is 2. The molecule has 0 aliphatic heterocycles. The summed E-state index contributed by atoms with van der Waals surface area (Å²) in [5, 5.41) is 36.7. The Kier molecular flexibility index (Phi) is 7.86. The van der Waals surface area contributed by atoms with Gasteiger partial charge in [-0.25, -0.2) is 4.68 Å². The highest BCUT2D eigenvalue weighted by Crippen LogP contribution is 2.40. The Morgan fingerprint density at radius 3 is 2.70 bits per heavy atom. The fourth-order valence-corrected chi connectivity index (χ4v) is 3.30. The molecule has 2 atom stereocenters. The first-order valence-corrected chi connectivity index (χ1v) is 10.2. The van der Waals surface area contributed by atoms with Crippen molar-refractivity contribution >= 4 is 11.9 Å². The summed E-state index contributed by atoms with van der Waals surface area (Å²) in [4.78, 5) is 22.8. The van der Waals surface area contributed by atoms with Crippen LogP contribution >= 0.6 is 0 Å². The van der Waals surface area contributed by atoms with Gasteiger partial charge in [-0.2, -0.15) is 0 Å². The quantitative estimate of drug-likeness (QED) is 0.373. The Morgan fingerprint density at radius 2 is 2.00 bits per heavy atom. The molecule has 162 valence electrons. The van der Waals surface area contributed by atoms with Crippen LogP contribution in [0.4, 0.5) is 0 Å². The van der Waals surface area contributed by atoms with Crippen molar-refractivity contribution in [3.8, 4) is 0 Å². The molecule has 0 bridgehead atoms. The lowest BCUT2D eigenvalue weighted by molar-refractivity contribution is -0.139. The molecule has 1 aromatic carbocycles. The van der Waals surface area contributed by atoms with E-state index in [9.17, 15) is 14.7 Å². The van der Waals surface area contributed by atoms with E-state index in [2.05, 4.69) is 26.2 Å². The minimum absolute atomic E-state index is 0.0258.